The summed E-state index contributed by atoms with van der Waals surface area (Å²) < 4.78 is 0.657. The molecule has 0 unspecified atom stereocenters. The van der Waals surface area contributed by atoms with E-state index in [4.69, 9.17) is 10.0 Å². The zero-order valence-electron chi connectivity index (χ0n) is 5.08. The molecule has 0 saturated carbocycles. The maximum absolute atomic E-state index is 8.70. The van der Waals surface area contributed by atoms with Gasteiger partial charge in [0.15, 0.2) is 5.47 Å². The first-order valence-electron chi connectivity index (χ1n) is 2.74. The fraction of sp³-hybridized carbons (Fsp3) is 0. The highest BCUT2D eigenvalue weighted by atomic mass is 79.9. The summed E-state index contributed by atoms with van der Waals surface area (Å²) in [6.45, 7) is 0. The van der Waals surface area contributed by atoms with Gasteiger partial charge in [0.05, 0.1) is 6.08 Å². The van der Waals surface area contributed by atoms with Crippen molar-refractivity contribution >= 4 is 23.0 Å². The molecular formula is C6H5BBrO2+. The van der Waals surface area contributed by atoms with Gasteiger partial charge in [0.2, 0.25) is 0 Å². The van der Waals surface area contributed by atoms with Crippen LogP contribution in [0.25, 0.3) is 0 Å². The van der Waals surface area contributed by atoms with Crippen molar-refractivity contribution in [1.82, 2.24) is 0 Å². The van der Waals surface area contributed by atoms with Crippen molar-refractivity contribution in [2.45, 2.75) is 0 Å². The zero-order chi connectivity index (χ0) is 7.56. The largest absolute Gasteiger partial charge is 0.528 e. The van der Waals surface area contributed by atoms with Crippen LogP contribution in [0.4, 0.5) is 0 Å². The van der Waals surface area contributed by atoms with Crippen molar-refractivity contribution in [2.75, 3.05) is 0 Å². The second-order valence-corrected chi connectivity index (χ2v) is 2.66. The smallest absolute Gasteiger partial charge is 0.421 e. The van der Waals surface area contributed by atoms with Gasteiger partial charge in [0, 0.05) is 28.1 Å². The Bertz CT molecular complexity index is 218. The number of rotatable bonds is 1. The molecule has 50 valence electrons. The predicted molar refractivity (Wildman–Crippen MR) is 43.1 cm³/mol. The molecule has 0 aliphatic heterocycles. The lowest BCUT2D eigenvalue weighted by Gasteiger charge is -1.95. The minimum atomic E-state index is -1.45. The highest BCUT2D eigenvalue weighted by Gasteiger charge is 2.26. The molecule has 0 bridgehead atoms. The van der Waals surface area contributed by atoms with E-state index in [-0.39, 0.29) is 0 Å². The Balaban J connectivity index is 2.87. The molecule has 10 heavy (non-hydrogen) atoms. The molecule has 0 spiro atoms. The fourth-order valence-corrected chi connectivity index (χ4v) is 1.10. The molecule has 2 nitrogen and oxygen atoms in total. The van der Waals surface area contributed by atoms with Gasteiger partial charge in [-0.2, -0.15) is 0 Å². The van der Waals surface area contributed by atoms with E-state index >= 15 is 0 Å². The summed E-state index contributed by atoms with van der Waals surface area (Å²) in [6.07, 6.45) is 7.80. The average molecular weight is 200 g/mol. The van der Waals surface area contributed by atoms with Crippen LogP contribution >= 0.6 is 15.9 Å². The van der Waals surface area contributed by atoms with Crippen LogP contribution in [-0.2, 0) is 0 Å². The van der Waals surface area contributed by atoms with E-state index in [0.29, 0.717) is 9.95 Å². The van der Waals surface area contributed by atoms with Crippen LogP contribution in [0, 0.1) is 6.08 Å². The second-order valence-electron chi connectivity index (χ2n) is 1.81. The Kier molecular flexibility index (Phi) is 2.41. The van der Waals surface area contributed by atoms with Crippen molar-refractivity contribution in [1.29, 1.82) is 0 Å². The van der Waals surface area contributed by atoms with Gasteiger partial charge in [-0.1, -0.05) is 0 Å². The maximum Gasteiger partial charge on any atom is 0.528 e. The Labute approximate surface area is 67.8 Å². The summed E-state index contributed by atoms with van der Waals surface area (Å²) in [7, 11) is -1.45. The first kappa shape index (κ1) is 7.70. The Hall–Kier alpha value is -0.405. The first-order valence-corrected chi connectivity index (χ1v) is 3.53. The van der Waals surface area contributed by atoms with E-state index in [1.807, 2.05) is 0 Å². The van der Waals surface area contributed by atoms with Gasteiger partial charge >= 0.3 is 7.12 Å². The van der Waals surface area contributed by atoms with Gasteiger partial charge in [-0.05, 0) is 0 Å². The molecule has 0 heterocycles. The van der Waals surface area contributed by atoms with Crippen LogP contribution in [-0.4, -0.2) is 17.2 Å². The van der Waals surface area contributed by atoms with Gasteiger partial charge in [-0.3, -0.25) is 0 Å². The third-order valence-corrected chi connectivity index (χ3v) is 1.78. The highest BCUT2D eigenvalue weighted by molar-refractivity contribution is 9.12. The van der Waals surface area contributed by atoms with Crippen molar-refractivity contribution in [3.8, 4) is 0 Å². The van der Waals surface area contributed by atoms with E-state index in [2.05, 4.69) is 22.0 Å². The lowest BCUT2D eigenvalue weighted by Crippen LogP contribution is -2.16. The van der Waals surface area contributed by atoms with Crippen molar-refractivity contribution < 1.29 is 10.0 Å². The van der Waals surface area contributed by atoms with Gasteiger partial charge in [-0.25, -0.2) is 0 Å². The average Bonchev–Trinajstić information content (AvgIpc) is 1.88. The highest BCUT2D eigenvalue weighted by Crippen LogP contribution is 2.20. The lowest BCUT2D eigenvalue weighted by atomic mass is 9.78. The molecule has 0 atom stereocenters. The van der Waals surface area contributed by atoms with E-state index in [0.717, 1.165) is 0 Å². The third kappa shape index (κ3) is 1.55. The molecule has 0 aromatic carbocycles. The number of hydrogen-bond acceptors (Lipinski definition) is 2. The molecule has 0 fully saturated rings. The minimum Gasteiger partial charge on any atom is -0.421 e. The van der Waals surface area contributed by atoms with Crippen LogP contribution in [0.1, 0.15) is 0 Å². The van der Waals surface area contributed by atoms with Crippen molar-refractivity contribution in [3.63, 3.8) is 0 Å². The first-order chi connectivity index (χ1) is 4.72. The van der Waals surface area contributed by atoms with Crippen LogP contribution in [0.15, 0.2) is 28.2 Å². The van der Waals surface area contributed by atoms with Crippen LogP contribution in [0.3, 0.4) is 0 Å². The topological polar surface area (TPSA) is 40.5 Å². The minimum absolute atomic E-state index is 0.363. The lowest BCUT2D eigenvalue weighted by molar-refractivity contribution is 0.420. The van der Waals surface area contributed by atoms with Crippen LogP contribution in [0.5, 0.6) is 0 Å². The molecule has 4 heteroatoms. The monoisotopic (exact) mass is 199 g/mol. The SMILES string of the molecule is OB(O)C1=[C+]C=CC=C1Br. The quantitative estimate of drug-likeness (QED) is 0.479. The number of allylic oxidation sites excluding steroid dienone is 6. The van der Waals surface area contributed by atoms with Crippen LogP contribution in [0.2, 0.25) is 0 Å². The zero-order valence-corrected chi connectivity index (χ0v) is 6.67. The van der Waals surface area contributed by atoms with Gasteiger partial charge in [0.1, 0.15) is 10.6 Å². The summed E-state index contributed by atoms with van der Waals surface area (Å²) in [5.74, 6) is 0. The molecular weight excluding hydrogens is 195 g/mol. The molecule has 0 aromatic rings. The third-order valence-electron chi connectivity index (χ3n) is 1.09. The summed E-state index contributed by atoms with van der Waals surface area (Å²) in [4.78, 5) is 0. The normalized spacial score (nSPS) is 15.5. The molecule has 0 radical (unpaired) electrons. The summed E-state index contributed by atoms with van der Waals surface area (Å²) in [5, 5.41) is 17.4. The Morgan fingerprint density at radius 1 is 1.50 bits per heavy atom. The summed E-state index contributed by atoms with van der Waals surface area (Å²) in [6, 6.07) is 0. The van der Waals surface area contributed by atoms with Gasteiger partial charge < -0.3 is 10.0 Å². The molecule has 0 aromatic heterocycles. The van der Waals surface area contributed by atoms with Crippen molar-refractivity contribution in [3.05, 3.63) is 34.3 Å². The van der Waals surface area contributed by atoms with E-state index < -0.39 is 7.12 Å². The molecule has 2 N–H and O–H groups in total. The Morgan fingerprint density at radius 2 is 2.20 bits per heavy atom. The maximum atomic E-state index is 8.70. The fourth-order valence-electron chi connectivity index (χ4n) is 0.627. The summed E-state index contributed by atoms with van der Waals surface area (Å²) >= 11 is 3.15. The standard InChI is InChI=1S/C6H5BBrO2/c8-6-4-2-1-3-5(6)7(9)10/h1-2,4,9-10H/q+1. The van der Waals surface area contributed by atoms with Crippen LogP contribution < -0.4 is 0 Å². The molecule has 1 aliphatic carbocycles. The number of hydrogen-bond donors (Lipinski definition) is 2. The number of halogens is 1. The van der Waals surface area contributed by atoms with E-state index in [1.165, 1.54) is 0 Å². The molecule has 0 saturated heterocycles. The predicted octanol–water partition coefficient (Wildman–Crippen LogP) is 0.577. The van der Waals surface area contributed by atoms with E-state index in [1.54, 1.807) is 18.2 Å². The molecule has 0 amide bonds. The van der Waals surface area contributed by atoms with Gasteiger partial charge in [-0.15, -0.1) is 0 Å². The van der Waals surface area contributed by atoms with Gasteiger partial charge in [0.25, 0.3) is 0 Å². The molecule has 1 rings (SSSR count). The van der Waals surface area contributed by atoms with E-state index in [9.17, 15) is 0 Å². The molecule has 1 aliphatic rings. The summed E-state index contributed by atoms with van der Waals surface area (Å²) in [5.41, 5.74) is 0.363. The Morgan fingerprint density at radius 3 is 2.60 bits per heavy atom. The second kappa shape index (κ2) is 3.13. The van der Waals surface area contributed by atoms with Crippen molar-refractivity contribution in [2.24, 2.45) is 0 Å².